The van der Waals surface area contributed by atoms with Crippen molar-refractivity contribution in [2.45, 2.75) is 26.6 Å². The number of carbonyl (C=O) groups excluding carboxylic acids is 1. The highest BCUT2D eigenvalue weighted by atomic mass is 79.9. The van der Waals surface area contributed by atoms with Gasteiger partial charge < -0.3 is 15.2 Å². The highest BCUT2D eigenvalue weighted by Gasteiger charge is 2.16. The number of aliphatic hydroxyl groups is 1. The second-order valence-electron chi connectivity index (χ2n) is 7.12. The summed E-state index contributed by atoms with van der Waals surface area (Å²) < 4.78 is 33.5. The third kappa shape index (κ3) is 5.38. The zero-order chi connectivity index (χ0) is 23.4. The zero-order valence-corrected chi connectivity index (χ0v) is 18.8. The minimum atomic E-state index is -0.768. The average molecular weight is 508 g/mol. The topological polar surface area (TPSA) is 93.5 Å². The monoisotopic (exact) mass is 507 g/mol. The number of hydrogen-bond acceptors (Lipinski definition) is 5. The van der Waals surface area contributed by atoms with Gasteiger partial charge in [-0.1, -0.05) is 6.07 Å². The molecule has 0 aliphatic rings. The van der Waals surface area contributed by atoms with Crippen molar-refractivity contribution in [3.8, 4) is 11.6 Å². The van der Waals surface area contributed by atoms with E-state index in [9.17, 15) is 23.5 Å². The van der Waals surface area contributed by atoms with E-state index in [-0.39, 0.29) is 29.1 Å². The average Bonchev–Trinajstić information content (AvgIpc) is 2.75. The predicted molar refractivity (Wildman–Crippen MR) is 117 cm³/mol. The number of aryl methyl sites for hydroxylation is 1. The van der Waals surface area contributed by atoms with Gasteiger partial charge in [0.2, 0.25) is 5.88 Å². The SMILES string of the molecule is Cc1ccc(C(=O)NC[C@H](C)O)cc1-n1cnc(OCc2ccc(F)cc2F)c(Br)c1=O. The molecule has 0 saturated heterocycles. The Balaban J connectivity index is 1.86. The first-order valence-corrected chi connectivity index (χ1v) is 10.4. The van der Waals surface area contributed by atoms with Crippen LogP contribution in [0.25, 0.3) is 5.69 Å². The van der Waals surface area contributed by atoms with Crippen LogP contribution in [0.3, 0.4) is 0 Å². The molecule has 1 amide bonds. The number of amides is 1. The fourth-order valence-electron chi connectivity index (χ4n) is 2.83. The molecule has 0 aliphatic heterocycles. The zero-order valence-electron chi connectivity index (χ0n) is 17.2. The first-order chi connectivity index (χ1) is 15.2. The Hall–Kier alpha value is -3.11. The summed E-state index contributed by atoms with van der Waals surface area (Å²) in [7, 11) is 0. The molecule has 2 aromatic carbocycles. The van der Waals surface area contributed by atoms with Gasteiger partial charge in [0.25, 0.3) is 11.5 Å². The van der Waals surface area contributed by atoms with Gasteiger partial charge >= 0.3 is 0 Å². The van der Waals surface area contributed by atoms with Gasteiger partial charge in [0.05, 0.1) is 11.8 Å². The molecule has 10 heteroatoms. The molecule has 0 unspecified atom stereocenters. The lowest BCUT2D eigenvalue weighted by molar-refractivity contribution is 0.0924. The number of rotatable bonds is 7. The number of nitrogens with one attached hydrogen (secondary N) is 1. The number of carbonyl (C=O) groups is 1. The van der Waals surface area contributed by atoms with Crippen molar-refractivity contribution in [2.24, 2.45) is 0 Å². The minimum absolute atomic E-state index is 0.00544. The van der Waals surface area contributed by atoms with Gasteiger partial charge in [-0.15, -0.1) is 0 Å². The molecule has 7 nitrogen and oxygen atoms in total. The molecule has 0 radical (unpaired) electrons. The third-order valence-electron chi connectivity index (χ3n) is 4.55. The molecular weight excluding hydrogens is 488 g/mol. The number of nitrogens with zero attached hydrogens (tertiary/aromatic N) is 2. The van der Waals surface area contributed by atoms with Crippen LogP contribution < -0.4 is 15.6 Å². The molecule has 1 heterocycles. The Morgan fingerprint density at radius 2 is 2.03 bits per heavy atom. The van der Waals surface area contributed by atoms with Crippen molar-refractivity contribution in [2.75, 3.05) is 6.54 Å². The molecule has 0 bridgehead atoms. The van der Waals surface area contributed by atoms with Gasteiger partial charge in [0.1, 0.15) is 29.0 Å². The van der Waals surface area contributed by atoms with Gasteiger partial charge in [-0.25, -0.2) is 13.8 Å². The largest absolute Gasteiger partial charge is 0.472 e. The molecule has 0 aliphatic carbocycles. The van der Waals surface area contributed by atoms with Crippen molar-refractivity contribution in [1.29, 1.82) is 0 Å². The summed E-state index contributed by atoms with van der Waals surface area (Å²) in [5.41, 5.74) is 1.07. The maximum atomic E-state index is 13.8. The fourth-order valence-corrected chi connectivity index (χ4v) is 3.23. The van der Waals surface area contributed by atoms with E-state index in [4.69, 9.17) is 4.74 Å². The number of benzene rings is 2. The van der Waals surface area contributed by atoms with Crippen LogP contribution in [-0.2, 0) is 6.61 Å². The Morgan fingerprint density at radius 3 is 2.72 bits per heavy atom. The second-order valence-corrected chi connectivity index (χ2v) is 7.92. The summed E-state index contributed by atoms with van der Waals surface area (Å²) in [5, 5.41) is 11.9. The summed E-state index contributed by atoms with van der Waals surface area (Å²) in [6, 6.07) is 7.93. The van der Waals surface area contributed by atoms with Crippen molar-refractivity contribution >= 4 is 21.8 Å². The van der Waals surface area contributed by atoms with E-state index in [0.717, 1.165) is 17.7 Å². The maximum Gasteiger partial charge on any atom is 0.276 e. The van der Waals surface area contributed by atoms with E-state index in [1.807, 2.05) is 0 Å². The van der Waals surface area contributed by atoms with E-state index in [1.54, 1.807) is 26.0 Å². The molecule has 168 valence electrons. The van der Waals surface area contributed by atoms with E-state index in [1.165, 1.54) is 23.0 Å². The predicted octanol–water partition coefficient (Wildman–Crippen LogP) is 3.27. The van der Waals surface area contributed by atoms with Crippen LogP contribution in [0.1, 0.15) is 28.4 Å². The standard InChI is InChI=1S/C22H20BrF2N3O4/c1-12-3-4-14(20(30)26-9-13(2)29)7-18(12)28-11-27-21(19(23)22(28)31)32-10-15-5-6-16(24)8-17(15)25/h3-8,11,13,29H,9-10H2,1-2H3,(H,26,30)/t13-/m0/s1. The smallest absolute Gasteiger partial charge is 0.276 e. The summed E-state index contributed by atoms with van der Waals surface area (Å²) in [6.07, 6.45) is 0.547. The van der Waals surface area contributed by atoms with Crippen molar-refractivity contribution < 1.29 is 23.4 Å². The highest BCUT2D eigenvalue weighted by Crippen LogP contribution is 2.22. The Bertz CT molecular complexity index is 1210. The lowest BCUT2D eigenvalue weighted by atomic mass is 10.1. The first kappa shape index (κ1) is 23.6. The Labute approximate surface area is 190 Å². The van der Waals surface area contributed by atoms with Crippen LogP contribution in [0, 0.1) is 18.6 Å². The Morgan fingerprint density at radius 1 is 1.28 bits per heavy atom. The highest BCUT2D eigenvalue weighted by molar-refractivity contribution is 9.10. The number of halogens is 3. The normalized spacial score (nSPS) is 11.8. The van der Waals surface area contributed by atoms with E-state index >= 15 is 0 Å². The first-order valence-electron chi connectivity index (χ1n) is 9.58. The maximum absolute atomic E-state index is 13.8. The molecule has 1 atom stereocenters. The molecule has 0 fully saturated rings. The minimum Gasteiger partial charge on any atom is -0.472 e. The lowest BCUT2D eigenvalue weighted by Gasteiger charge is -2.14. The van der Waals surface area contributed by atoms with Crippen molar-refractivity contribution in [3.05, 3.63) is 85.9 Å². The number of aromatic nitrogens is 2. The van der Waals surface area contributed by atoms with Gasteiger partial charge in [-0.3, -0.25) is 14.2 Å². The lowest BCUT2D eigenvalue weighted by Crippen LogP contribution is -2.30. The van der Waals surface area contributed by atoms with Gasteiger partial charge in [0.15, 0.2) is 0 Å². The number of ether oxygens (including phenoxy) is 1. The van der Waals surface area contributed by atoms with Gasteiger partial charge in [-0.2, -0.15) is 0 Å². The fraction of sp³-hybridized carbons (Fsp3) is 0.227. The summed E-state index contributed by atoms with van der Waals surface area (Å²) >= 11 is 3.16. The molecule has 1 aromatic heterocycles. The van der Waals surface area contributed by atoms with E-state index in [2.05, 4.69) is 26.2 Å². The van der Waals surface area contributed by atoms with E-state index in [0.29, 0.717) is 11.3 Å². The summed E-state index contributed by atoms with van der Waals surface area (Å²) in [6.45, 7) is 3.17. The number of aliphatic hydroxyl groups excluding tert-OH is 1. The molecular formula is C22H20BrF2N3O4. The van der Waals surface area contributed by atoms with Gasteiger partial charge in [0, 0.05) is 23.7 Å². The summed E-state index contributed by atoms with van der Waals surface area (Å²) in [5.74, 6) is -1.92. The van der Waals surface area contributed by atoms with Crippen LogP contribution in [0.15, 0.2) is 52.0 Å². The summed E-state index contributed by atoms with van der Waals surface area (Å²) in [4.78, 5) is 29.3. The molecule has 0 spiro atoms. The second kappa shape index (κ2) is 10.0. The van der Waals surface area contributed by atoms with Crippen LogP contribution in [0.4, 0.5) is 8.78 Å². The van der Waals surface area contributed by atoms with Crippen molar-refractivity contribution in [1.82, 2.24) is 14.9 Å². The molecule has 2 N–H and O–H groups in total. The van der Waals surface area contributed by atoms with E-state index < -0.39 is 29.2 Å². The quantitative estimate of drug-likeness (QED) is 0.511. The van der Waals surface area contributed by atoms with Crippen LogP contribution in [-0.4, -0.2) is 33.2 Å². The molecule has 3 aromatic rings. The van der Waals surface area contributed by atoms with Crippen LogP contribution >= 0.6 is 15.9 Å². The third-order valence-corrected chi connectivity index (χ3v) is 5.23. The molecule has 3 rings (SSSR count). The van der Waals surface area contributed by atoms with Crippen LogP contribution in [0.5, 0.6) is 5.88 Å². The molecule has 32 heavy (non-hydrogen) atoms. The van der Waals surface area contributed by atoms with Crippen LogP contribution in [0.2, 0.25) is 0 Å². The molecule has 0 saturated carbocycles. The van der Waals surface area contributed by atoms with Crippen molar-refractivity contribution in [3.63, 3.8) is 0 Å². The Kier molecular flexibility index (Phi) is 7.37. The number of hydrogen-bond donors (Lipinski definition) is 2. The van der Waals surface area contributed by atoms with Gasteiger partial charge in [-0.05, 0) is 59.6 Å².